The van der Waals surface area contributed by atoms with E-state index in [4.69, 9.17) is 4.74 Å². The second kappa shape index (κ2) is 6.59. The van der Waals surface area contributed by atoms with Crippen LogP contribution in [0.25, 0.3) is 0 Å². The lowest BCUT2D eigenvalue weighted by Gasteiger charge is -2.07. The van der Waals surface area contributed by atoms with Crippen LogP contribution >= 0.6 is 0 Å². The molecule has 0 spiro atoms. The summed E-state index contributed by atoms with van der Waals surface area (Å²) in [6.07, 6.45) is 1.76. The molecule has 0 heterocycles. The van der Waals surface area contributed by atoms with Crippen molar-refractivity contribution >= 4 is 6.21 Å². The molecule has 0 aliphatic heterocycles. The van der Waals surface area contributed by atoms with Crippen molar-refractivity contribution in [3.05, 3.63) is 65.2 Å². The predicted molar refractivity (Wildman–Crippen MR) is 78.6 cm³/mol. The molecular formula is C16H18N2O. The van der Waals surface area contributed by atoms with E-state index in [1.54, 1.807) is 13.3 Å². The van der Waals surface area contributed by atoms with Crippen LogP contribution in [0.15, 0.2) is 53.6 Å². The Labute approximate surface area is 113 Å². The van der Waals surface area contributed by atoms with E-state index in [2.05, 4.69) is 41.7 Å². The van der Waals surface area contributed by atoms with Crippen LogP contribution in [0.5, 0.6) is 5.75 Å². The lowest BCUT2D eigenvalue weighted by Crippen LogP contribution is -1.97. The van der Waals surface area contributed by atoms with E-state index in [0.717, 1.165) is 11.3 Å². The minimum Gasteiger partial charge on any atom is -0.489 e. The van der Waals surface area contributed by atoms with Crippen LogP contribution in [0, 0.1) is 6.92 Å². The van der Waals surface area contributed by atoms with Gasteiger partial charge in [-0.05, 0) is 30.2 Å². The van der Waals surface area contributed by atoms with Gasteiger partial charge >= 0.3 is 0 Å². The van der Waals surface area contributed by atoms with Gasteiger partial charge in [-0.25, -0.2) is 0 Å². The molecule has 3 heteroatoms. The molecule has 3 nitrogen and oxygen atoms in total. The Balaban J connectivity index is 1.99. The minimum atomic E-state index is 0.576. The summed E-state index contributed by atoms with van der Waals surface area (Å²) >= 11 is 0. The number of ether oxygens (including phenoxy) is 1. The Hall–Kier alpha value is -2.29. The third kappa shape index (κ3) is 4.14. The maximum atomic E-state index is 5.77. The fourth-order valence-electron chi connectivity index (χ4n) is 1.67. The average Bonchev–Trinajstić information content (AvgIpc) is 2.45. The predicted octanol–water partition coefficient (Wildman–Crippen LogP) is 3.13. The number of benzene rings is 2. The highest BCUT2D eigenvalue weighted by atomic mass is 16.5. The van der Waals surface area contributed by atoms with Crippen molar-refractivity contribution in [2.24, 2.45) is 5.10 Å². The van der Waals surface area contributed by atoms with Crippen LogP contribution in [0.1, 0.15) is 16.7 Å². The Bertz CT molecular complexity index is 547. The molecule has 0 saturated heterocycles. The Morgan fingerprint density at radius 2 is 1.95 bits per heavy atom. The zero-order valence-electron chi connectivity index (χ0n) is 11.3. The van der Waals surface area contributed by atoms with Gasteiger partial charge in [0.1, 0.15) is 12.4 Å². The minimum absolute atomic E-state index is 0.576. The molecule has 0 radical (unpaired) electrons. The average molecular weight is 254 g/mol. The number of nitrogens with one attached hydrogen (secondary N) is 1. The molecule has 2 aromatic rings. The van der Waals surface area contributed by atoms with Crippen molar-refractivity contribution in [1.29, 1.82) is 0 Å². The van der Waals surface area contributed by atoms with E-state index < -0.39 is 0 Å². The SMILES string of the molecule is CNN=Cc1cccc(OCc2ccc(C)cc2)c1. The van der Waals surface area contributed by atoms with Gasteiger partial charge in [-0.3, -0.25) is 0 Å². The van der Waals surface area contributed by atoms with Crippen molar-refractivity contribution < 1.29 is 4.74 Å². The first-order valence-electron chi connectivity index (χ1n) is 6.26. The highest BCUT2D eigenvalue weighted by Crippen LogP contribution is 2.14. The highest BCUT2D eigenvalue weighted by Gasteiger charge is 1.97. The first-order valence-corrected chi connectivity index (χ1v) is 6.26. The fraction of sp³-hybridized carbons (Fsp3) is 0.188. The Kier molecular flexibility index (Phi) is 4.56. The zero-order valence-corrected chi connectivity index (χ0v) is 11.3. The molecule has 19 heavy (non-hydrogen) atoms. The van der Waals surface area contributed by atoms with Crippen LogP contribution in [-0.4, -0.2) is 13.3 Å². The largest absolute Gasteiger partial charge is 0.489 e. The quantitative estimate of drug-likeness (QED) is 0.657. The van der Waals surface area contributed by atoms with Crippen LogP contribution in [0.2, 0.25) is 0 Å². The van der Waals surface area contributed by atoms with Crippen LogP contribution < -0.4 is 10.2 Å². The first-order chi connectivity index (χ1) is 9.28. The van der Waals surface area contributed by atoms with Crippen LogP contribution in [0.4, 0.5) is 0 Å². The number of hydrazone groups is 1. The zero-order chi connectivity index (χ0) is 13.5. The topological polar surface area (TPSA) is 33.6 Å². The van der Waals surface area contributed by atoms with Gasteiger partial charge in [-0.15, -0.1) is 0 Å². The third-order valence-electron chi connectivity index (χ3n) is 2.73. The van der Waals surface area contributed by atoms with Crippen molar-refractivity contribution in [2.75, 3.05) is 7.05 Å². The molecule has 98 valence electrons. The van der Waals surface area contributed by atoms with E-state index in [1.807, 2.05) is 24.3 Å². The molecule has 0 fully saturated rings. The van der Waals surface area contributed by atoms with Gasteiger partial charge in [-0.2, -0.15) is 5.10 Å². The van der Waals surface area contributed by atoms with Crippen LogP contribution in [0.3, 0.4) is 0 Å². The summed E-state index contributed by atoms with van der Waals surface area (Å²) in [4.78, 5) is 0. The van der Waals surface area contributed by atoms with Crippen molar-refractivity contribution in [2.45, 2.75) is 13.5 Å². The summed E-state index contributed by atoms with van der Waals surface area (Å²) in [6.45, 7) is 2.65. The molecule has 2 aromatic carbocycles. The lowest BCUT2D eigenvalue weighted by atomic mass is 10.2. The lowest BCUT2D eigenvalue weighted by molar-refractivity contribution is 0.306. The van der Waals surface area contributed by atoms with Crippen molar-refractivity contribution in [1.82, 2.24) is 5.43 Å². The standard InChI is InChI=1S/C16H18N2O/c1-13-6-8-14(9-7-13)12-19-16-5-3-4-15(10-16)11-18-17-2/h3-11,17H,12H2,1-2H3. The molecule has 0 aromatic heterocycles. The van der Waals surface area contributed by atoms with Crippen molar-refractivity contribution in [3.8, 4) is 5.75 Å². The van der Waals surface area contributed by atoms with Gasteiger partial charge in [-0.1, -0.05) is 42.0 Å². The van der Waals surface area contributed by atoms with E-state index in [-0.39, 0.29) is 0 Å². The molecule has 0 aliphatic rings. The van der Waals surface area contributed by atoms with Gasteiger partial charge in [0, 0.05) is 7.05 Å². The normalized spacial score (nSPS) is 10.6. The summed E-state index contributed by atoms with van der Waals surface area (Å²) in [6, 6.07) is 16.2. The second-order valence-corrected chi connectivity index (χ2v) is 4.33. The summed E-state index contributed by atoms with van der Waals surface area (Å²) in [5, 5.41) is 3.98. The monoisotopic (exact) mass is 254 g/mol. The molecule has 2 rings (SSSR count). The summed E-state index contributed by atoms with van der Waals surface area (Å²) in [7, 11) is 1.77. The smallest absolute Gasteiger partial charge is 0.120 e. The second-order valence-electron chi connectivity index (χ2n) is 4.33. The summed E-state index contributed by atoms with van der Waals surface area (Å²) in [5.41, 5.74) is 6.16. The summed E-state index contributed by atoms with van der Waals surface area (Å²) in [5.74, 6) is 0.848. The highest BCUT2D eigenvalue weighted by molar-refractivity contribution is 5.79. The number of hydrogen-bond donors (Lipinski definition) is 1. The molecule has 1 N–H and O–H groups in total. The van der Waals surface area contributed by atoms with Gasteiger partial charge in [0.05, 0.1) is 6.21 Å². The molecule has 0 amide bonds. The molecular weight excluding hydrogens is 236 g/mol. The number of rotatable bonds is 5. The van der Waals surface area contributed by atoms with E-state index in [9.17, 15) is 0 Å². The van der Waals surface area contributed by atoms with Crippen LogP contribution in [-0.2, 0) is 6.61 Å². The van der Waals surface area contributed by atoms with Gasteiger partial charge in [0.15, 0.2) is 0 Å². The Morgan fingerprint density at radius 1 is 1.16 bits per heavy atom. The number of nitrogens with zero attached hydrogens (tertiary/aromatic N) is 1. The van der Waals surface area contributed by atoms with E-state index >= 15 is 0 Å². The third-order valence-corrected chi connectivity index (χ3v) is 2.73. The molecule has 0 aliphatic carbocycles. The van der Waals surface area contributed by atoms with Crippen molar-refractivity contribution in [3.63, 3.8) is 0 Å². The van der Waals surface area contributed by atoms with Gasteiger partial charge in [0.2, 0.25) is 0 Å². The van der Waals surface area contributed by atoms with Gasteiger partial charge in [0.25, 0.3) is 0 Å². The Morgan fingerprint density at radius 3 is 2.68 bits per heavy atom. The maximum Gasteiger partial charge on any atom is 0.120 e. The van der Waals surface area contributed by atoms with E-state index in [0.29, 0.717) is 6.61 Å². The van der Waals surface area contributed by atoms with Gasteiger partial charge < -0.3 is 10.2 Å². The summed E-state index contributed by atoms with van der Waals surface area (Å²) < 4.78 is 5.77. The fourth-order valence-corrected chi connectivity index (χ4v) is 1.67. The number of aryl methyl sites for hydroxylation is 1. The van der Waals surface area contributed by atoms with E-state index in [1.165, 1.54) is 11.1 Å². The molecule has 0 unspecified atom stereocenters. The number of hydrogen-bond acceptors (Lipinski definition) is 3. The maximum absolute atomic E-state index is 5.77. The first kappa shape index (κ1) is 13.1. The molecule has 0 saturated carbocycles. The molecule has 0 bridgehead atoms. The molecule has 0 atom stereocenters.